The number of hydrogen-bond donors (Lipinski definition) is 1. The number of ether oxygens (including phenoxy) is 1. The lowest BCUT2D eigenvalue weighted by atomic mass is 10.1. The van der Waals surface area contributed by atoms with Gasteiger partial charge in [0.2, 0.25) is 0 Å². The number of nitrogens with one attached hydrogen (secondary N) is 1. The Morgan fingerprint density at radius 2 is 2.33 bits per heavy atom. The summed E-state index contributed by atoms with van der Waals surface area (Å²) in [5.74, 6) is -0.175. The predicted octanol–water partition coefficient (Wildman–Crippen LogP) is 0.226. The maximum absolute atomic E-state index is 12.2. The normalized spacial score (nSPS) is 19.4. The van der Waals surface area contributed by atoms with Crippen molar-refractivity contribution in [3.63, 3.8) is 0 Å². The minimum atomic E-state index is -0.175. The molecule has 1 saturated heterocycles. The smallest absolute Gasteiger partial charge is 0.251 e. The van der Waals surface area contributed by atoms with Crippen molar-refractivity contribution in [2.75, 3.05) is 33.4 Å². The van der Waals surface area contributed by atoms with E-state index < -0.39 is 0 Å². The van der Waals surface area contributed by atoms with Crippen molar-refractivity contribution in [3.05, 3.63) is 34.2 Å². The van der Waals surface area contributed by atoms with Crippen LogP contribution < -0.4 is 10.9 Å². The fraction of sp³-hybridized carbons (Fsp3) is 0.600. The lowest BCUT2D eigenvalue weighted by Gasteiger charge is -2.32. The van der Waals surface area contributed by atoms with Gasteiger partial charge in [-0.05, 0) is 25.5 Å². The molecule has 1 aromatic heterocycles. The van der Waals surface area contributed by atoms with E-state index in [-0.39, 0.29) is 17.5 Å². The first-order chi connectivity index (χ1) is 10.1. The number of piperidine rings is 1. The van der Waals surface area contributed by atoms with Crippen molar-refractivity contribution in [1.82, 2.24) is 14.8 Å². The molecule has 1 aromatic rings. The zero-order valence-corrected chi connectivity index (χ0v) is 12.7. The van der Waals surface area contributed by atoms with E-state index in [4.69, 9.17) is 4.74 Å². The summed E-state index contributed by atoms with van der Waals surface area (Å²) < 4.78 is 6.54. The second-order valence-corrected chi connectivity index (χ2v) is 5.47. The van der Waals surface area contributed by atoms with Gasteiger partial charge in [0.15, 0.2) is 0 Å². The zero-order chi connectivity index (χ0) is 15.2. The van der Waals surface area contributed by atoms with Crippen molar-refractivity contribution in [3.8, 4) is 0 Å². The Bertz CT molecular complexity index is 541. The van der Waals surface area contributed by atoms with Gasteiger partial charge in [-0.25, -0.2) is 0 Å². The van der Waals surface area contributed by atoms with Gasteiger partial charge in [0.25, 0.3) is 11.5 Å². The zero-order valence-electron chi connectivity index (χ0n) is 12.7. The highest BCUT2D eigenvalue weighted by atomic mass is 16.5. The van der Waals surface area contributed by atoms with E-state index in [9.17, 15) is 9.59 Å². The van der Waals surface area contributed by atoms with Crippen LogP contribution in [-0.2, 0) is 11.8 Å². The number of aromatic nitrogens is 1. The van der Waals surface area contributed by atoms with Gasteiger partial charge in [0, 0.05) is 51.1 Å². The average Bonchev–Trinajstić information content (AvgIpc) is 2.48. The summed E-state index contributed by atoms with van der Waals surface area (Å²) in [6.07, 6.45) is 3.65. The number of nitrogens with zero attached hydrogens (tertiary/aromatic N) is 2. The number of carbonyl (C=O) groups excluding carboxylic acids is 1. The fourth-order valence-electron chi connectivity index (χ4n) is 2.56. The highest BCUT2D eigenvalue weighted by Crippen LogP contribution is 2.10. The van der Waals surface area contributed by atoms with Crippen molar-refractivity contribution in [2.45, 2.75) is 18.9 Å². The molecule has 116 valence electrons. The molecule has 1 aliphatic rings. The maximum atomic E-state index is 12.2. The molecule has 1 atom stereocenters. The third-order valence-corrected chi connectivity index (χ3v) is 3.82. The van der Waals surface area contributed by atoms with Crippen LogP contribution in [0.25, 0.3) is 0 Å². The molecule has 21 heavy (non-hydrogen) atoms. The summed E-state index contributed by atoms with van der Waals surface area (Å²) in [4.78, 5) is 26.1. The molecule has 6 nitrogen and oxygen atoms in total. The largest absolute Gasteiger partial charge is 0.383 e. The molecule has 2 rings (SSSR count). The van der Waals surface area contributed by atoms with Crippen molar-refractivity contribution in [2.24, 2.45) is 7.05 Å². The topological polar surface area (TPSA) is 63.6 Å². The summed E-state index contributed by atoms with van der Waals surface area (Å²) in [6, 6.07) is 3.18. The summed E-state index contributed by atoms with van der Waals surface area (Å²) in [5, 5.41) is 3.02. The van der Waals surface area contributed by atoms with Crippen LogP contribution in [0.2, 0.25) is 0 Å². The van der Waals surface area contributed by atoms with Crippen LogP contribution in [0, 0.1) is 0 Å². The van der Waals surface area contributed by atoms with Gasteiger partial charge in [-0.15, -0.1) is 0 Å². The van der Waals surface area contributed by atoms with Gasteiger partial charge in [0.1, 0.15) is 0 Å². The summed E-state index contributed by atoms with van der Waals surface area (Å²) in [5.41, 5.74) is 0.250. The number of methoxy groups -OCH3 is 1. The second-order valence-electron chi connectivity index (χ2n) is 5.47. The minimum Gasteiger partial charge on any atom is -0.383 e. The average molecular weight is 293 g/mol. The van der Waals surface area contributed by atoms with Gasteiger partial charge in [-0.3, -0.25) is 14.5 Å². The molecule has 2 heterocycles. The van der Waals surface area contributed by atoms with Gasteiger partial charge in [-0.1, -0.05) is 0 Å². The molecule has 0 bridgehead atoms. The fourth-order valence-corrected chi connectivity index (χ4v) is 2.56. The molecular formula is C15H23N3O3. The van der Waals surface area contributed by atoms with Crippen LogP contribution in [0.4, 0.5) is 0 Å². The first-order valence-corrected chi connectivity index (χ1v) is 7.29. The number of likely N-dealkylation sites (tertiary alicyclic amines) is 1. The maximum Gasteiger partial charge on any atom is 0.251 e. The van der Waals surface area contributed by atoms with Gasteiger partial charge >= 0.3 is 0 Å². The molecule has 0 radical (unpaired) electrons. The Hall–Kier alpha value is -1.66. The van der Waals surface area contributed by atoms with E-state index in [0.717, 1.165) is 32.5 Å². The Kier molecular flexibility index (Phi) is 5.52. The summed E-state index contributed by atoms with van der Waals surface area (Å²) in [6.45, 7) is 3.46. The summed E-state index contributed by atoms with van der Waals surface area (Å²) >= 11 is 0. The van der Waals surface area contributed by atoms with Crippen LogP contribution in [0.15, 0.2) is 23.1 Å². The van der Waals surface area contributed by atoms with Crippen LogP contribution in [0.5, 0.6) is 0 Å². The van der Waals surface area contributed by atoms with Gasteiger partial charge in [-0.2, -0.15) is 0 Å². The Labute approximate surface area is 124 Å². The molecule has 0 aromatic carbocycles. The number of aryl methyl sites for hydroxylation is 1. The Morgan fingerprint density at radius 1 is 1.52 bits per heavy atom. The summed E-state index contributed by atoms with van der Waals surface area (Å²) in [7, 11) is 3.36. The van der Waals surface area contributed by atoms with E-state index in [1.807, 2.05) is 0 Å². The molecule has 6 heteroatoms. The number of hydrogen-bond acceptors (Lipinski definition) is 4. The van der Waals surface area contributed by atoms with E-state index in [2.05, 4.69) is 10.2 Å². The monoisotopic (exact) mass is 293 g/mol. The third-order valence-electron chi connectivity index (χ3n) is 3.82. The van der Waals surface area contributed by atoms with E-state index in [1.54, 1.807) is 26.4 Å². The third kappa shape index (κ3) is 4.41. The number of carbonyl (C=O) groups is 1. The van der Waals surface area contributed by atoms with E-state index >= 15 is 0 Å². The first-order valence-electron chi connectivity index (χ1n) is 7.29. The molecular weight excluding hydrogens is 270 g/mol. The molecule has 1 fully saturated rings. The second kappa shape index (κ2) is 7.38. The van der Waals surface area contributed by atoms with E-state index in [1.165, 1.54) is 10.6 Å². The number of pyridine rings is 1. The van der Waals surface area contributed by atoms with Gasteiger partial charge < -0.3 is 14.6 Å². The molecule has 1 aliphatic heterocycles. The SMILES string of the molecule is COCCN1CCC[C@H](NC(=O)c2ccn(C)c(=O)c2)C1. The molecule has 1 N–H and O–H groups in total. The highest BCUT2D eigenvalue weighted by molar-refractivity contribution is 5.94. The van der Waals surface area contributed by atoms with Crippen LogP contribution in [-0.4, -0.2) is 54.8 Å². The lowest BCUT2D eigenvalue weighted by molar-refractivity contribution is 0.0878. The van der Waals surface area contributed by atoms with Crippen LogP contribution in [0.3, 0.4) is 0 Å². The quantitative estimate of drug-likeness (QED) is 0.844. The Balaban J connectivity index is 1.92. The highest BCUT2D eigenvalue weighted by Gasteiger charge is 2.21. The van der Waals surface area contributed by atoms with Gasteiger partial charge in [0.05, 0.1) is 6.61 Å². The number of rotatable bonds is 5. The van der Waals surface area contributed by atoms with Crippen LogP contribution >= 0.6 is 0 Å². The van der Waals surface area contributed by atoms with Crippen molar-refractivity contribution < 1.29 is 9.53 Å². The molecule has 0 aliphatic carbocycles. The predicted molar refractivity (Wildman–Crippen MR) is 80.5 cm³/mol. The lowest BCUT2D eigenvalue weighted by Crippen LogP contribution is -2.48. The molecule has 0 saturated carbocycles. The number of amides is 1. The molecule has 0 spiro atoms. The minimum absolute atomic E-state index is 0.132. The molecule has 0 unspecified atom stereocenters. The van der Waals surface area contributed by atoms with Crippen LogP contribution in [0.1, 0.15) is 23.2 Å². The first kappa shape index (κ1) is 15.7. The standard InChI is InChI=1S/C15H23N3O3/c1-17-7-5-12(10-14(17)19)15(20)16-13-4-3-6-18(11-13)8-9-21-2/h5,7,10,13H,3-4,6,8-9,11H2,1-2H3,(H,16,20)/t13-/m0/s1. The van der Waals surface area contributed by atoms with Crippen molar-refractivity contribution >= 4 is 5.91 Å². The Morgan fingerprint density at radius 3 is 3.05 bits per heavy atom. The van der Waals surface area contributed by atoms with E-state index in [0.29, 0.717) is 12.2 Å². The molecule has 1 amide bonds. The van der Waals surface area contributed by atoms with Crippen molar-refractivity contribution in [1.29, 1.82) is 0 Å².